The van der Waals surface area contributed by atoms with Gasteiger partial charge in [-0.05, 0) is 66.9 Å². The zero-order chi connectivity index (χ0) is 27.5. The molecule has 39 heavy (non-hydrogen) atoms. The lowest BCUT2D eigenvalue weighted by atomic mass is 10.1. The first-order valence-corrected chi connectivity index (χ1v) is 14.0. The molecule has 2 atom stereocenters. The molecule has 2 heterocycles. The van der Waals surface area contributed by atoms with E-state index >= 15 is 0 Å². The third-order valence-electron chi connectivity index (χ3n) is 5.93. The quantitative estimate of drug-likeness (QED) is 0.260. The highest BCUT2D eigenvalue weighted by Gasteiger charge is 2.33. The maximum absolute atomic E-state index is 12.6. The number of hydrogen-bond donors (Lipinski definition) is 1. The summed E-state index contributed by atoms with van der Waals surface area (Å²) in [5, 5.41) is 3.35. The molecule has 4 aromatic rings. The van der Waals surface area contributed by atoms with Crippen LogP contribution in [0, 0.1) is 0 Å². The zero-order valence-corrected chi connectivity index (χ0v) is 22.7. The van der Waals surface area contributed by atoms with E-state index in [1.807, 2.05) is 42.5 Å². The Bertz CT molecular complexity index is 1520. The monoisotopic (exact) mass is 562 g/mol. The van der Waals surface area contributed by atoms with Gasteiger partial charge in [0.2, 0.25) is 0 Å². The standard InChI is InChI=1S/C28H25N3O6S2/c1-17(2)36-27(32)30-20-10-8-19(9-11-20)26-29-15-24(38-26)22-13-12-21(14-25(22)39(34)35)31-16-23(37-28(31)33)18-6-4-3-5-7-18/h3-15,17,23H,16H2,1-2H3,(H,30,32)(H,34,35)/p-1. The van der Waals surface area contributed by atoms with Crippen LogP contribution in [0.15, 0.2) is 83.9 Å². The van der Waals surface area contributed by atoms with Crippen LogP contribution in [0.4, 0.5) is 21.0 Å². The van der Waals surface area contributed by atoms with Gasteiger partial charge in [-0.3, -0.25) is 14.4 Å². The van der Waals surface area contributed by atoms with Crippen molar-refractivity contribution >= 4 is 46.0 Å². The van der Waals surface area contributed by atoms with Gasteiger partial charge in [0.25, 0.3) is 0 Å². The second-order valence-corrected chi connectivity index (χ2v) is 10.9. The van der Waals surface area contributed by atoms with Crippen molar-refractivity contribution in [2.24, 2.45) is 0 Å². The average molecular weight is 563 g/mol. The van der Waals surface area contributed by atoms with Crippen molar-refractivity contribution in [3.05, 3.63) is 84.6 Å². The Kier molecular flexibility index (Phi) is 7.73. The predicted molar refractivity (Wildman–Crippen MR) is 148 cm³/mol. The summed E-state index contributed by atoms with van der Waals surface area (Å²) in [5.41, 5.74) is 3.18. The molecule has 1 saturated heterocycles. The van der Waals surface area contributed by atoms with Crippen LogP contribution >= 0.6 is 11.3 Å². The van der Waals surface area contributed by atoms with E-state index in [0.29, 0.717) is 26.8 Å². The van der Waals surface area contributed by atoms with Crippen LogP contribution in [-0.4, -0.2) is 38.6 Å². The van der Waals surface area contributed by atoms with E-state index in [0.717, 1.165) is 11.1 Å². The minimum Gasteiger partial charge on any atom is -0.768 e. The Morgan fingerprint density at radius 2 is 1.90 bits per heavy atom. The fourth-order valence-corrected chi connectivity index (χ4v) is 5.73. The van der Waals surface area contributed by atoms with E-state index in [2.05, 4.69) is 10.3 Å². The summed E-state index contributed by atoms with van der Waals surface area (Å²) in [6.07, 6.45) is -0.113. The Labute approximate surface area is 231 Å². The molecule has 0 bridgehead atoms. The fraction of sp³-hybridized carbons (Fsp3) is 0.179. The summed E-state index contributed by atoms with van der Waals surface area (Å²) in [7, 11) is 0. The third kappa shape index (κ3) is 6.00. The van der Waals surface area contributed by atoms with Crippen LogP contribution in [0.5, 0.6) is 0 Å². The zero-order valence-electron chi connectivity index (χ0n) is 21.0. The number of carbonyl (C=O) groups is 2. The lowest BCUT2D eigenvalue weighted by molar-refractivity contribution is 0.130. The Hall–Kier alpha value is -4.06. The van der Waals surface area contributed by atoms with Crippen LogP contribution in [0.25, 0.3) is 21.0 Å². The van der Waals surface area contributed by atoms with Crippen molar-refractivity contribution in [2.45, 2.75) is 31.0 Å². The van der Waals surface area contributed by atoms with E-state index in [4.69, 9.17) is 9.47 Å². The average Bonchev–Trinajstić information content (AvgIpc) is 3.56. The molecule has 1 aliphatic heterocycles. The molecule has 1 fully saturated rings. The Morgan fingerprint density at radius 1 is 1.15 bits per heavy atom. The van der Waals surface area contributed by atoms with Gasteiger partial charge >= 0.3 is 12.2 Å². The summed E-state index contributed by atoms with van der Waals surface area (Å²) < 4.78 is 35.0. The fourth-order valence-electron chi connectivity index (χ4n) is 4.12. The lowest BCUT2D eigenvalue weighted by Crippen LogP contribution is -2.23. The number of ether oxygens (including phenoxy) is 2. The number of nitrogens with one attached hydrogen (secondary N) is 1. The van der Waals surface area contributed by atoms with Crippen molar-refractivity contribution in [1.82, 2.24) is 4.98 Å². The van der Waals surface area contributed by atoms with Crippen molar-refractivity contribution in [3.8, 4) is 21.0 Å². The first-order valence-electron chi connectivity index (χ1n) is 12.1. The topological polar surface area (TPSA) is 121 Å². The van der Waals surface area contributed by atoms with Crippen LogP contribution in [0.3, 0.4) is 0 Å². The molecule has 1 aliphatic rings. The number of aromatic nitrogens is 1. The third-order valence-corrected chi connectivity index (χ3v) is 7.71. The van der Waals surface area contributed by atoms with Crippen molar-refractivity contribution in [3.63, 3.8) is 0 Å². The molecule has 5 rings (SSSR count). The van der Waals surface area contributed by atoms with Gasteiger partial charge < -0.3 is 14.0 Å². The van der Waals surface area contributed by atoms with E-state index in [-0.39, 0.29) is 17.5 Å². The Balaban J connectivity index is 1.35. The summed E-state index contributed by atoms with van der Waals surface area (Å²) in [6, 6.07) is 21.4. The molecular weight excluding hydrogens is 538 g/mol. The number of carbonyl (C=O) groups excluding carboxylic acids is 2. The first-order chi connectivity index (χ1) is 18.8. The van der Waals surface area contributed by atoms with Crippen molar-refractivity contribution in [2.75, 3.05) is 16.8 Å². The van der Waals surface area contributed by atoms with Gasteiger partial charge in [-0.25, -0.2) is 14.6 Å². The van der Waals surface area contributed by atoms with E-state index in [1.165, 1.54) is 22.3 Å². The van der Waals surface area contributed by atoms with E-state index in [1.54, 1.807) is 44.3 Å². The smallest absolute Gasteiger partial charge is 0.415 e. The highest BCUT2D eigenvalue weighted by atomic mass is 32.2. The summed E-state index contributed by atoms with van der Waals surface area (Å²) >= 11 is -1.22. The van der Waals surface area contributed by atoms with Gasteiger partial charge in [0.15, 0.2) is 0 Å². The Morgan fingerprint density at radius 3 is 2.59 bits per heavy atom. The maximum atomic E-state index is 12.6. The first kappa shape index (κ1) is 26.5. The second kappa shape index (κ2) is 11.4. The number of benzene rings is 3. The maximum Gasteiger partial charge on any atom is 0.415 e. The molecule has 2 amide bonds. The molecule has 0 aliphatic carbocycles. The molecule has 1 N–H and O–H groups in total. The summed E-state index contributed by atoms with van der Waals surface area (Å²) in [4.78, 5) is 31.0. The van der Waals surface area contributed by atoms with E-state index in [9.17, 15) is 18.4 Å². The van der Waals surface area contributed by atoms with Gasteiger partial charge in [-0.2, -0.15) is 0 Å². The van der Waals surface area contributed by atoms with Crippen molar-refractivity contribution < 1.29 is 27.8 Å². The summed E-state index contributed by atoms with van der Waals surface area (Å²) in [6.45, 7) is 3.81. The minimum atomic E-state index is -2.56. The van der Waals surface area contributed by atoms with Gasteiger partial charge in [-0.1, -0.05) is 36.4 Å². The molecule has 200 valence electrons. The van der Waals surface area contributed by atoms with E-state index < -0.39 is 29.4 Å². The number of amides is 2. The predicted octanol–water partition coefficient (Wildman–Crippen LogP) is 6.37. The molecule has 0 spiro atoms. The van der Waals surface area contributed by atoms with Crippen LogP contribution < -0.4 is 10.2 Å². The number of thiazole rings is 1. The van der Waals surface area contributed by atoms with Crippen LogP contribution in [0.1, 0.15) is 25.5 Å². The number of nitrogens with zero attached hydrogens (tertiary/aromatic N) is 2. The summed E-state index contributed by atoms with van der Waals surface area (Å²) in [5.74, 6) is 0. The van der Waals surface area contributed by atoms with Crippen molar-refractivity contribution in [1.29, 1.82) is 0 Å². The molecule has 2 unspecified atom stereocenters. The number of hydrogen-bond acceptors (Lipinski definition) is 8. The van der Waals surface area contributed by atoms with Gasteiger partial charge in [0.05, 0.1) is 17.5 Å². The molecule has 11 heteroatoms. The normalized spacial score (nSPS) is 15.7. The highest BCUT2D eigenvalue weighted by Crippen LogP contribution is 2.38. The molecule has 1 aromatic heterocycles. The molecule has 0 saturated carbocycles. The molecule has 9 nitrogen and oxygen atoms in total. The molecular formula is C28H24N3O6S2-. The largest absolute Gasteiger partial charge is 0.768 e. The van der Waals surface area contributed by atoms with Gasteiger partial charge in [0.1, 0.15) is 11.1 Å². The van der Waals surface area contributed by atoms with Crippen LogP contribution in [-0.2, 0) is 20.6 Å². The lowest BCUT2D eigenvalue weighted by Gasteiger charge is -2.17. The van der Waals surface area contributed by atoms with Gasteiger partial charge in [0, 0.05) is 33.6 Å². The number of rotatable bonds is 7. The molecule has 3 aromatic carbocycles. The molecule has 0 radical (unpaired) electrons. The number of cyclic esters (lactones) is 1. The second-order valence-electron chi connectivity index (χ2n) is 8.99. The minimum absolute atomic E-state index is 0.0573. The SMILES string of the molecule is CC(C)OC(=O)Nc1ccc(-c2ncc(-c3ccc(N4CC(c5ccccc5)OC4=O)cc3S(=O)[O-])s2)cc1. The van der Waals surface area contributed by atoms with Gasteiger partial charge in [-0.15, -0.1) is 11.3 Å². The highest BCUT2D eigenvalue weighted by molar-refractivity contribution is 7.79. The van der Waals surface area contributed by atoms with Crippen LogP contribution in [0.2, 0.25) is 0 Å². The number of anilines is 2.